The van der Waals surface area contributed by atoms with Crippen molar-refractivity contribution in [2.45, 2.75) is 64.1 Å². The third-order valence-corrected chi connectivity index (χ3v) is 4.94. The summed E-state index contributed by atoms with van der Waals surface area (Å²) in [6.45, 7) is 3.87. The van der Waals surface area contributed by atoms with Crippen LogP contribution in [-0.2, 0) is 19.5 Å². The third-order valence-electron chi connectivity index (χ3n) is 4.94. The van der Waals surface area contributed by atoms with Gasteiger partial charge in [0.25, 0.3) is 0 Å². The maximum atomic E-state index is 4.91. The molecule has 2 aromatic heterocycles. The van der Waals surface area contributed by atoms with Gasteiger partial charge >= 0.3 is 0 Å². The molecule has 24 heavy (non-hydrogen) atoms. The summed E-state index contributed by atoms with van der Waals surface area (Å²) >= 11 is 0. The smallest absolute Gasteiger partial charge is 0.134 e. The molecule has 0 saturated heterocycles. The Balaban J connectivity index is 1.55. The van der Waals surface area contributed by atoms with Crippen LogP contribution in [0.1, 0.15) is 61.3 Å². The number of hydrogen-bond acceptors (Lipinski definition) is 6. The highest BCUT2D eigenvalue weighted by Gasteiger charge is 2.25. The molecule has 1 saturated carbocycles. The minimum absolute atomic E-state index is 0.248. The van der Waals surface area contributed by atoms with E-state index >= 15 is 0 Å². The van der Waals surface area contributed by atoms with Gasteiger partial charge in [-0.2, -0.15) is 0 Å². The second-order valence-corrected chi connectivity index (χ2v) is 6.89. The van der Waals surface area contributed by atoms with Crippen molar-refractivity contribution in [2.75, 3.05) is 5.32 Å². The van der Waals surface area contributed by atoms with E-state index in [-0.39, 0.29) is 6.04 Å². The molecule has 0 spiro atoms. The highest BCUT2D eigenvalue weighted by atomic mass is 15.1. The van der Waals surface area contributed by atoms with Gasteiger partial charge in [-0.1, -0.05) is 12.8 Å². The molecule has 0 aromatic carbocycles. The summed E-state index contributed by atoms with van der Waals surface area (Å²) in [5.74, 6) is 2.57. The van der Waals surface area contributed by atoms with E-state index in [1.165, 1.54) is 36.9 Å². The molecule has 6 nitrogen and oxygen atoms in total. The fourth-order valence-corrected chi connectivity index (χ4v) is 3.71. The number of hydrogen-bond donors (Lipinski definition) is 2. The van der Waals surface area contributed by atoms with Gasteiger partial charge in [-0.15, -0.1) is 0 Å². The zero-order chi connectivity index (χ0) is 16.4. The maximum absolute atomic E-state index is 4.91. The fourth-order valence-electron chi connectivity index (χ4n) is 3.71. The van der Waals surface area contributed by atoms with Gasteiger partial charge in [0.05, 0.1) is 11.4 Å². The van der Waals surface area contributed by atoms with Crippen LogP contribution >= 0.6 is 0 Å². The Morgan fingerprint density at radius 1 is 1.21 bits per heavy atom. The number of anilines is 1. The number of aromatic nitrogens is 4. The molecule has 0 bridgehead atoms. The lowest BCUT2D eigenvalue weighted by atomic mass is 10.1. The van der Waals surface area contributed by atoms with Crippen LogP contribution in [0.2, 0.25) is 0 Å². The van der Waals surface area contributed by atoms with E-state index in [2.05, 4.69) is 27.5 Å². The highest BCUT2D eigenvalue weighted by molar-refractivity contribution is 5.49. The van der Waals surface area contributed by atoms with Gasteiger partial charge in [0.2, 0.25) is 0 Å². The molecule has 2 N–H and O–H groups in total. The van der Waals surface area contributed by atoms with Crippen LogP contribution in [0, 0.1) is 0 Å². The molecule has 2 aromatic rings. The fraction of sp³-hybridized carbons (Fsp3) is 0.556. The summed E-state index contributed by atoms with van der Waals surface area (Å²) in [4.78, 5) is 18.3. The van der Waals surface area contributed by atoms with Crippen molar-refractivity contribution in [1.29, 1.82) is 0 Å². The summed E-state index contributed by atoms with van der Waals surface area (Å²) in [5.41, 5.74) is 3.39. The Hall–Kier alpha value is -2.08. The minimum atomic E-state index is 0.248. The number of nitrogens with one attached hydrogen (secondary N) is 2. The van der Waals surface area contributed by atoms with Gasteiger partial charge in [-0.05, 0) is 19.8 Å². The van der Waals surface area contributed by atoms with Crippen LogP contribution in [-0.4, -0.2) is 26.0 Å². The average Bonchev–Trinajstić information content (AvgIpc) is 3.27. The molecule has 3 heterocycles. The predicted molar refractivity (Wildman–Crippen MR) is 92.6 cm³/mol. The van der Waals surface area contributed by atoms with E-state index in [9.17, 15) is 0 Å². The van der Waals surface area contributed by atoms with Crippen molar-refractivity contribution in [1.82, 2.24) is 25.3 Å². The van der Waals surface area contributed by atoms with E-state index in [1.807, 2.05) is 6.20 Å². The van der Waals surface area contributed by atoms with Crippen LogP contribution in [0.3, 0.4) is 0 Å². The molecule has 0 unspecified atom stereocenters. The van der Waals surface area contributed by atoms with E-state index in [0.29, 0.717) is 5.92 Å². The number of rotatable bonds is 5. The molecular weight excluding hydrogens is 300 g/mol. The first-order valence-electron chi connectivity index (χ1n) is 8.91. The second kappa shape index (κ2) is 6.81. The molecule has 1 aliphatic heterocycles. The number of nitrogens with zero attached hydrogens (tertiary/aromatic N) is 4. The summed E-state index contributed by atoms with van der Waals surface area (Å²) in [5, 5.41) is 7.00. The quantitative estimate of drug-likeness (QED) is 0.880. The molecular formula is C18H24N6. The zero-order valence-corrected chi connectivity index (χ0v) is 14.1. The van der Waals surface area contributed by atoms with E-state index in [0.717, 1.165) is 36.8 Å². The lowest BCUT2D eigenvalue weighted by Gasteiger charge is -2.18. The van der Waals surface area contributed by atoms with Crippen LogP contribution in [0.15, 0.2) is 18.6 Å². The summed E-state index contributed by atoms with van der Waals surface area (Å²) < 4.78 is 0. The average molecular weight is 324 g/mol. The summed E-state index contributed by atoms with van der Waals surface area (Å²) in [6.07, 6.45) is 11.2. The van der Waals surface area contributed by atoms with Crippen LogP contribution < -0.4 is 10.6 Å². The summed E-state index contributed by atoms with van der Waals surface area (Å²) in [6, 6.07) is 0.248. The molecule has 0 amide bonds. The molecule has 4 rings (SSSR count). The maximum Gasteiger partial charge on any atom is 0.134 e. The van der Waals surface area contributed by atoms with Crippen molar-refractivity contribution in [3.05, 3.63) is 41.4 Å². The largest absolute Gasteiger partial charge is 0.367 e. The number of fused-ring (bicyclic) bond motifs is 1. The highest BCUT2D eigenvalue weighted by Crippen LogP contribution is 2.34. The van der Waals surface area contributed by atoms with Crippen molar-refractivity contribution >= 4 is 5.82 Å². The predicted octanol–water partition coefficient (Wildman–Crippen LogP) is 2.57. The van der Waals surface area contributed by atoms with Crippen molar-refractivity contribution in [3.8, 4) is 0 Å². The van der Waals surface area contributed by atoms with Crippen LogP contribution in [0.5, 0.6) is 0 Å². The molecule has 1 aliphatic carbocycles. The van der Waals surface area contributed by atoms with Gasteiger partial charge in [-0.3, -0.25) is 9.97 Å². The topological polar surface area (TPSA) is 75.6 Å². The standard InChI is InChI=1S/C18H24N6/c1-12(8-14-9-19-6-7-21-14)22-18-15-10-20-11-16(15)23-17(24-18)13-4-2-3-5-13/h6-7,9,12-13,20H,2-5,8,10-11H2,1H3,(H,22,23,24)/t12-/m1/s1. The van der Waals surface area contributed by atoms with Crippen molar-refractivity contribution in [3.63, 3.8) is 0 Å². The van der Waals surface area contributed by atoms with Gasteiger partial charge in [-0.25, -0.2) is 9.97 Å². The van der Waals surface area contributed by atoms with Gasteiger partial charge in [0.1, 0.15) is 11.6 Å². The molecule has 6 heteroatoms. The Morgan fingerprint density at radius 3 is 2.88 bits per heavy atom. The van der Waals surface area contributed by atoms with E-state index in [1.54, 1.807) is 12.4 Å². The summed E-state index contributed by atoms with van der Waals surface area (Å²) in [7, 11) is 0. The lowest BCUT2D eigenvalue weighted by molar-refractivity contribution is 0.658. The monoisotopic (exact) mass is 324 g/mol. The molecule has 0 radical (unpaired) electrons. The van der Waals surface area contributed by atoms with Gasteiger partial charge in [0, 0.05) is 55.6 Å². The molecule has 1 fully saturated rings. The Morgan fingerprint density at radius 2 is 2.08 bits per heavy atom. The second-order valence-electron chi connectivity index (χ2n) is 6.89. The lowest BCUT2D eigenvalue weighted by Crippen LogP contribution is -2.22. The molecule has 126 valence electrons. The first-order chi connectivity index (χ1) is 11.8. The van der Waals surface area contributed by atoms with Crippen LogP contribution in [0.4, 0.5) is 5.82 Å². The Bertz CT molecular complexity index is 696. The Kier molecular flexibility index (Phi) is 4.38. The minimum Gasteiger partial charge on any atom is -0.367 e. The zero-order valence-electron chi connectivity index (χ0n) is 14.1. The van der Waals surface area contributed by atoms with Gasteiger partial charge < -0.3 is 10.6 Å². The van der Waals surface area contributed by atoms with E-state index in [4.69, 9.17) is 9.97 Å². The Labute approximate surface area is 142 Å². The van der Waals surface area contributed by atoms with Gasteiger partial charge in [0.15, 0.2) is 0 Å². The van der Waals surface area contributed by atoms with E-state index < -0.39 is 0 Å². The van der Waals surface area contributed by atoms with Crippen molar-refractivity contribution in [2.24, 2.45) is 0 Å². The van der Waals surface area contributed by atoms with Crippen LogP contribution in [0.25, 0.3) is 0 Å². The normalized spacial score (nSPS) is 18.5. The third kappa shape index (κ3) is 3.24. The first kappa shape index (κ1) is 15.4. The first-order valence-corrected chi connectivity index (χ1v) is 8.91. The van der Waals surface area contributed by atoms with Crippen molar-refractivity contribution < 1.29 is 0 Å². The SMILES string of the molecule is C[C@H](Cc1cnccn1)Nc1nc(C2CCCC2)nc2c1CNC2. The molecule has 1 atom stereocenters. The molecule has 2 aliphatic rings.